The maximum Gasteiger partial charge on any atom is 0.291 e. The third-order valence-corrected chi connectivity index (χ3v) is 5.20. The molecule has 0 spiro atoms. The summed E-state index contributed by atoms with van der Waals surface area (Å²) in [6, 6.07) is 15.7. The number of rotatable bonds is 8. The van der Waals surface area contributed by atoms with E-state index in [9.17, 15) is 9.18 Å². The topological polar surface area (TPSA) is 69.3 Å². The zero-order chi connectivity index (χ0) is 23.4. The summed E-state index contributed by atoms with van der Waals surface area (Å²) in [4.78, 5) is 12.6. The van der Waals surface area contributed by atoms with E-state index in [4.69, 9.17) is 9.15 Å². The smallest absolute Gasteiger partial charge is 0.291 e. The predicted molar refractivity (Wildman–Crippen MR) is 124 cm³/mol. The van der Waals surface area contributed by atoms with Crippen molar-refractivity contribution in [1.29, 1.82) is 0 Å². The van der Waals surface area contributed by atoms with Crippen LogP contribution in [-0.4, -0.2) is 15.7 Å². The van der Waals surface area contributed by atoms with E-state index < -0.39 is 0 Å². The first-order chi connectivity index (χ1) is 15.9. The van der Waals surface area contributed by atoms with Crippen LogP contribution in [0, 0.1) is 12.7 Å². The Morgan fingerprint density at radius 3 is 2.70 bits per heavy atom. The average molecular weight is 448 g/mol. The number of halogens is 1. The number of hydrogen-bond donors (Lipinski definition) is 1. The van der Waals surface area contributed by atoms with Crippen molar-refractivity contribution >= 4 is 11.6 Å². The molecule has 0 bridgehead atoms. The van der Waals surface area contributed by atoms with Crippen LogP contribution in [-0.2, 0) is 13.2 Å². The number of nitrogens with one attached hydrogen (secondary N) is 1. The van der Waals surface area contributed by atoms with Gasteiger partial charge in [-0.1, -0.05) is 38.1 Å². The highest BCUT2D eigenvalue weighted by Gasteiger charge is 2.14. The fourth-order valence-corrected chi connectivity index (χ4v) is 3.45. The molecule has 0 aliphatic carbocycles. The Kier molecular flexibility index (Phi) is 6.58. The summed E-state index contributed by atoms with van der Waals surface area (Å²) in [5.41, 5.74) is 3.69. The van der Waals surface area contributed by atoms with Gasteiger partial charge in [-0.3, -0.25) is 9.48 Å². The molecule has 33 heavy (non-hydrogen) atoms. The number of aryl methyl sites for hydroxylation is 1. The molecule has 0 atom stereocenters. The van der Waals surface area contributed by atoms with Gasteiger partial charge in [-0.2, -0.15) is 5.10 Å². The van der Waals surface area contributed by atoms with Crippen molar-refractivity contribution in [2.45, 2.75) is 39.8 Å². The summed E-state index contributed by atoms with van der Waals surface area (Å²) in [6.45, 7) is 6.96. The fraction of sp³-hybridized carbons (Fsp3) is 0.231. The number of anilines is 1. The Balaban J connectivity index is 1.35. The number of carbonyl (C=O) groups excluding carboxylic acids is 1. The fourth-order valence-electron chi connectivity index (χ4n) is 3.45. The zero-order valence-electron chi connectivity index (χ0n) is 18.8. The van der Waals surface area contributed by atoms with Crippen LogP contribution in [0.3, 0.4) is 0 Å². The number of nitrogens with zero attached hydrogens (tertiary/aromatic N) is 2. The number of aromatic nitrogens is 2. The summed E-state index contributed by atoms with van der Waals surface area (Å²) in [7, 11) is 0. The molecule has 0 saturated heterocycles. The Morgan fingerprint density at radius 2 is 1.94 bits per heavy atom. The van der Waals surface area contributed by atoms with Crippen LogP contribution in [0.1, 0.15) is 52.8 Å². The van der Waals surface area contributed by atoms with Gasteiger partial charge in [-0.25, -0.2) is 4.39 Å². The molecule has 170 valence electrons. The van der Waals surface area contributed by atoms with Crippen LogP contribution in [0.25, 0.3) is 0 Å². The van der Waals surface area contributed by atoms with Gasteiger partial charge in [0.25, 0.3) is 5.91 Å². The van der Waals surface area contributed by atoms with Crippen molar-refractivity contribution < 1.29 is 18.3 Å². The Morgan fingerprint density at radius 1 is 1.15 bits per heavy atom. The van der Waals surface area contributed by atoms with Gasteiger partial charge in [-0.05, 0) is 59.9 Å². The third kappa shape index (κ3) is 5.68. The standard InChI is InChI=1S/C26H26FN3O3/c1-17(2)23-10-4-18(3)12-25(23)32-16-22-9-11-24(33-22)26(31)29-21-13-28-30(15-21)14-19-5-7-20(27)8-6-19/h4-13,15,17H,14,16H2,1-3H3,(H,29,31). The minimum atomic E-state index is -0.374. The van der Waals surface area contributed by atoms with Gasteiger partial charge in [0.1, 0.15) is 23.9 Å². The number of carbonyl (C=O) groups is 1. The molecule has 4 rings (SSSR count). The molecular formula is C26H26FN3O3. The number of hydrogen-bond acceptors (Lipinski definition) is 4. The molecule has 0 unspecified atom stereocenters. The van der Waals surface area contributed by atoms with E-state index in [0.717, 1.165) is 22.4 Å². The molecule has 0 aliphatic rings. The van der Waals surface area contributed by atoms with Gasteiger partial charge in [0.05, 0.1) is 18.4 Å². The van der Waals surface area contributed by atoms with Gasteiger partial charge >= 0.3 is 0 Å². The summed E-state index contributed by atoms with van der Waals surface area (Å²) in [5, 5.41) is 7.01. The maximum atomic E-state index is 13.0. The van der Waals surface area contributed by atoms with E-state index in [1.54, 1.807) is 41.3 Å². The minimum Gasteiger partial charge on any atom is -0.485 e. The molecule has 6 nitrogen and oxygen atoms in total. The van der Waals surface area contributed by atoms with E-state index in [1.165, 1.54) is 12.1 Å². The summed E-state index contributed by atoms with van der Waals surface area (Å²) >= 11 is 0. The van der Waals surface area contributed by atoms with E-state index in [1.807, 2.05) is 13.0 Å². The molecule has 1 N–H and O–H groups in total. The highest BCUT2D eigenvalue weighted by Crippen LogP contribution is 2.28. The lowest BCUT2D eigenvalue weighted by Gasteiger charge is -2.14. The summed E-state index contributed by atoms with van der Waals surface area (Å²) in [5.74, 6) is 1.25. The number of ether oxygens (including phenoxy) is 1. The molecule has 0 saturated carbocycles. The monoisotopic (exact) mass is 447 g/mol. The largest absolute Gasteiger partial charge is 0.485 e. The lowest BCUT2D eigenvalue weighted by molar-refractivity contribution is 0.0992. The summed E-state index contributed by atoms with van der Waals surface area (Å²) in [6.07, 6.45) is 3.26. The first-order valence-corrected chi connectivity index (χ1v) is 10.8. The van der Waals surface area contributed by atoms with E-state index in [0.29, 0.717) is 23.9 Å². The second kappa shape index (κ2) is 9.73. The second-order valence-electron chi connectivity index (χ2n) is 8.26. The van der Waals surface area contributed by atoms with Crippen LogP contribution in [0.2, 0.25) is 0 Å². The van der Waals surface area contributed by atoms with Crippen LogP contribution in [0.15, 0.2) is 71.4 Å². The van der Waals surface area contributed by atoms with Crippen molar-refractivity contribution in [3.8, 4) is 5.75 Å². The number of amides is 1. The quantitative estimate of drug-likeness (QED) is 0.364. The average Bonchev–Trinajstić information content (AvgIpc) is 3.43. The molecule has 2 heterocycles. The molecule has 0 radical (unpaired) electrons. The van der Waals surface area contributed by atoms with E-state index in [-0.39, 0.29) is 24.1 Å². The molecule has 2 aromatic carbocycles. The van der Waals surface area contributed by atoms with Gasteiger partial charge in [-0.15, -0.1) is 0 Å². The normalized spacial score (nSPS) is 11.1. The van der Waals surface area contributed by atoms with Crippen LogP contribution >= 0.6 is 0 Å². The van der Waals surface area contributed by atoms with Crippen molar-refractivity contribution in [3.05, 3.63) is 101 Å². The Labute approximate surface area is 192 Å². The maximum absolute atomic E-state index is 13.0. The van der Waals surface area contributed by atoms with Crippen LogP contribution in [0.4, 0.5) is 10.1 Å². The highest BCUT2D eigenvalue weighted by atomic mass is 19.1. The molecule has 1 amide bonds. The summed E-state index contributed by atoms with van der Waals surface area (Å²) < 4.78 is 26.4. The van der Waals surface area contributed by atoms with Gasteiger partial charge in [0.15, 0.2) is 5.76 Å². The first-order valence-electron chi connectivity index (χ1n) is 10.8. The highest BCUT2D eigenvalue weighted by molar-refractivity contribution is 6.02. The van der Waals surface area contributed by atoms with E-state index >= 15 is 0 Å². The molecule has 0 aliphatic heterocycles. The van der Waals surface area contributed by atoms with Crippen molar-refractivity contribution in [1.82, 2.24) is 9.78 Å². The van der Waals surface area contributed by atoms with Gasteiger partial charge < -0.3 is 14.5 Å². The minimum absolute atomic E-state index is 0.188. The Hall–Kier alpha value is -3.87. The SMILES string of the molecule is Cc1ccc(C(C)C)c(OCc2ccc(C(=O)Nc3cnn(Cc4ccc(F)cc4)c3)o2)c1. The molecule has 2 aromatic heterocycles. The van der Waals surface area contributed by atoms with Gasteiger partial charge in [0.2, 0.25) is 0 Å². The number of benzene rings is 2. The van der Waals surface area contributed by atoms with Crippen LogP contribution in [0.5, 0.6) is 5.75 Å². The van der Waals surface area contributed by atoms with Gasteiger partial charge in [0, 0.05) is 6.20 Å². The van der Waals surface area contributed by atoms with Crippen molar-refractivity contribution in [3.63, 3.8) is 0 Å². The van der Waals surface area contributed by atoms with Crippen molar-refractivity contribution in [2.75, 3.05) is 5.32 Å². The Bertz CT molecular complexity index is 1240. The number of furan rings is 1. The second-order valence-corrected chi connectivity index (χ2v) is 8.26. The molecule has 7 heteroatoms. The molecule has 4 aromatic rings. The lowest BCUT2D eigenvalue weighted by atomic mass is 10.0. The molecule has 0 fully saturated rings. The third-order valence-electron chi connectivity index (χ3n) is 5.20. The predicted octanol–water partition coefficient (Wildman–Crippen LogP) is 5.93. The van der Waals surface area contributed by atoms with Crippen LogP contribution < -0.4 is 10.1 Å². The van der Waals surface area contributed by atoms with Crippen molar-refractivity contribution in [2.24, 2.45) is 0 Å². The molecular weight excluding hydrogens is 421 g/mol. The lowest BCUT2D eigenvalue weighted by Crippen LogP contribution is -2.10. The first kappa shape index (κ1) is 22.3. The zero-order valence-corrected chi connectivity index (χ0v) is 18.8. The van der Waals surface area contributed by atoms with E-state index in [2.05, 4.69) is 36.4 Å².